The molecule has 0 radical (unpaired) electrons. The number of thiazole rings is 1. The van der Waals surface area contributed by atoms with Gasteiger partial charge in [-0.2, -0.15) is 9.97 Å². The highest BCUT2D eigenvalue weighted by atomic mass is 32.1. The van der Waals surface area contributed by atoms with Crippen molar-refractivity contribution in [1.82, 2.24) is 50.6 Å². The predicted molar refractivity (Wildman–Crippen MR) is 306 cm³/mol. The average Bonchev–Trinajstić information content (AvgIpc) is 3.83. The summed E-state index contributed by atoms with van der Waals surface area (Å²) in [5.41, 5.74) is 1.17. The van der Waals surface area contributed by atoms with Gasteiger partial charge in [-0.05, 0) is 85.6 Å². The first kappa shape index (κ1) is 56.1. The molecule has 0 spiro atoms. The van der Waals surface area contributed by atoms with E-state index in [0.717, 1.165) is 29.0 Å². The fourth-order valence-corrected chi connectivity index (χ4v) is 13.4. The van der Waals surface area contributed by atoms with Crippen molar-refractivity contribution in [2.45, 2.75) is 133 Å². The van der Waals surface area contributed by atoms with Gasteiger partial charge in [-0.1, -0.05) is 57.0 Å². The standard InChI is InChI=1S/C61H66F3N11O7S/c1-6-42-45(62)14-11-35-21-39(76)22-43(49(35)42)51-50(63)52-44(25-65-51)55(74-26-36-12-13-37(27-74)67-36)71-59(69-52)82-41-15-19-72(20-16-41)38-28-73(29-38)48(78)24-46(33-7-9-34(10-8-33)53-32(2)66-31-83-53)68-56(79)47-23-40(77)30-75(47)57(80)54(60(3,4)5)70-58(81)61(64)17-18-61/h1,7-11,14,21-22,25,31,36-38,40-41,46-47,54,67,76-77H,12-13,15-20,23-24,26-30H2,2-5H3,(H,68,79)(H,70,81)/t36?,37?,40?,46-,47?,54?/m0/s1. The molecule has 83 heavy (non-hydrogen) atoms. The number of aliphatic hydroxyl groups excluding tert-OH is 1. The number of anilines is 1. The highest BCUT2D eigenvalue weighted by Crippen LogP contribution is 2.42. The Balaban J connectivity index is 0.730. The number of rotatable bonds is 14. The normalized spacial score (nSPS) is 22.5. The summed E-state index contributed by atoms with van der Waals surface area (Å²) in [6, 6.07) is 10.4. The Labute approximate surface area is 482 Å². The van der Waals surface area contributed by atoms with Crippen LogP contribution in [-0.4, -0.2) is 162 Å². The Morgan fingerprint density at radius 2 is 1.67 bits per heavy atom. The van der Waals surface area contributed by atoms with Crippen LogP contribution < -0.4 is 25.6 Å². The molecule has 1 saturated carbocycles. The number of nitrogens with zero attached hydrogens (tertiary/aromatic N) is 8. The molecule has 8 heterocycles. The molecule has 18 nitrogen and oxygen atoms in total. The highest BCUT2D eigenvalue weighted by molar-refractivity contribution is 7.13. The molecule has 22 heteroatoms. The lowest BCUT2D eigenvalue weighted by molar-refractivity contribution is -0.145. The van der Waals surface area contributed by atoms with E-state index >= 15 is 8.78 Å². The lowest BCUT2D eigenvalue weighted by Crippen LogP contribution is -2.63. The van der Waals surface area contributed by atoms with Crippen molar-refractivity contribution >= 4 is 62.5 Å². The van der Waals surface area contributed by atoms with Gasteiger partial charge in [0.15, 0.2) is 11.5 Å². The minimum absolute atomic E-state index is 0.00491. The Bertz CT molecular complexity index is 3580. The van der Waals surface area contributed by atoms with E-state index in [0.29, 0.717) is 74.3 Å². The van der Waals surface area contributed by atoms with Crippen LogP contribution in [0.2, 0.25) is 0 Å². The van der Waals surface area contributed by atoms with Gasteiger partial charge in [0, 0.05) is 87.5 Å². The maximum Gasteiger partial charge on any atom is 0.319 e. The summed E-state index contributed by atoms with van der Waals surface area (Å²) in [5.74, 6) is -0.995. The van der Waals surface area contributed by atoms with Gasteiger partial charge >= 0.3 is 6.01 Å². The Morgan fingerprint density at radius 1 is 0.952 bits per heavy atom. The first-order valence-corrected chi connectivity index (χ1v) is 29.4. The number of nitrogens with one attached hydrogen (secondary N) is 3. The number of halogens is 3. The maximum absolute atomic E-state index is 17.3. The molecule has 4 amide bonds. The van der Waals surface area contributed by atoms with Crippen molar-refractivity contribution in [3.8, 4) is 45.8 Å². The van der Waals surface area contributed by atoms with Crippen molar-refractivity contribution < 1.29 is 47.3 Å². The van der Waals surface area contributed by atoms with Crippen LogP contribution in [0, 0.1) is 36.3 Å². The van der Waals surface area contributed by atoms with Crippen LogP contribution in [0.4, 0.5) is 19.0 Å². The lowest BCUT2D eigenvalue weighted by atomic mass is 9.85. The molecular formula is C61H66F3N11O7S. The van der Waals surface area contributed by atoms with Gasteiger partial charge in [-0.15, -0.1) is 17.8 Å². The zero-order valence-corrected chi connectivity index (χ0v) is 47.4. The molecule has 434 valence electrons. The summed E-state index contributed by atoms with van der Waals surface area (Å²) in [5, 5.41) is 32.0. The molecule has 5 saturated heterocycles. The summed E-state index contributed by atoms with van der Waals surface area (Å²) < 4.78 is 53.8. The van der Waals surface area contributed by atoms with Gasteiger partial charge < -0.3 is 45.6 Å². The number of aromatic nitrogens is 4. The second-order valence-corrected chi connectivity index (χ2v) is 25.2. The molecule has 6 aromatic rings. The number of aryl methyl sites for hydroxylation is 1. The number of pyridine rings is 1. The summed E-state index contributed by atoms with van der Waals surface area (Å²) in [6.07, 6.45) is 9.09. The topological polar surface area (TPSA) is 219 Å². The molecule has 5 aliphatic heterocycles. The largest absolute Gasteiger partial charge is 0.508 e. The monoisotopic (exact) mass is 1150 g/mol. The molecule has 6 fully saturated rings. The minimum Gasteiger partial charge on any atom is -0.508 e. The van der Waals surface area contributed by atoms with E-state index in [1.807, 2.05) is 31.2 Å². The van der Waals surface area contributed by atoms with Gasteiger partial charge in [-0.3, -0.25) is 29.1 Å². The van der Waals surface area contributed by atoms with E-state index in [4.69, 9.17) is 16.1 Å². The van der Waals surface area contributed by atoms with E-state index in [-0.39, 0.29) is 102 Å². The number of carbonyl (C=O) groups excluding carboxylic acids is 4. The number of amides is 4. The molecule has 2 bridgehead atoms. The van der Waals surface area contributed by atoms with Gasteiger partial charge in [0.2, 0.25) is 17.7 Å². The second-order valence-electron chi connectivity index (χ2n) is 24.3. The van der Waals surface area contributed by atoms with E-state index in [9.17, 15) is 33.8 Å². The number of ether oxygens (including phenoxy) is 1. The Morgan fingerprint density at radius 3 is 2.34 bits per heavy atom. The number of benzene rings is 3. The number of fused-ring (bicyclic) bond motifs is 4. The van der Waals surface area contributed by atoms with Crippen molar-refractivity contribution in [2.75, 3.05) is 50.7 Å². The average molecular weight is 1150 g/mol. The molecule has 12 rings (SSSR count). The summed E-state index contributed by atoms with van der Waals surface area (Å²) >= 11 is 1.50. The first-order valence-electron chi connectivity index (χ1n) is 28.5. The van der Waals surface area contributed by atoms with Crippen LogP contribution >= 0.6 is 11.3 Å². The molecule has 3 aromatic carbocycles. The zero-order chi connectivity index (χ0) is 58.2. The van der Waals surface area contributed by atoms with Crippen LogP contribution in [0.5, 0.6) is 11.8 Å². The van der Waals surface area contributed by atoms with Crippen LogP contribution in [0.1, 0.15) is 95.0 Å². The van der Waals surface area contributed by atoms with E-state index < -0.39 is 64.7 Å². The Hall–Kier alpha value is -7.45. The minimum atomic E-state index is -2.03. The quantitative estimate of drug-likeness (QED) is 0.0738. The van der Waals surface area contributed by atoms with Crippen LogP contribution in [-0.2, 0) is 19.2 Å². The predicted octanol–water partition coefficient (Wildman–Crippen LogP) is 6.48. The van der Waals surface area contributed by atoms with Gasteiger partial charge in [0.1, 0.15) is 46.8 Å². The lowest BCUT2D eigenvalue weighted by Gasteiger charge is -2.47. The number of likely N-dealkylation sites (tertiary alicyclic amines) is 3. The molecule has 6 atom stereocenters. The fourth-order valence-electron chi connectivity index (χ4n) is 12.6. The highest BCUT2D eigenvalue weighted by Gasteiger charge is 2.54. The van der Waals surface area contributed by atoms with Crippen LogP contribution in [0.15, 0.2) is 60.2 Å². The number of terminal acetylenes is 1. The number of phenols is 1. The molecule has 6 aliphatic rings. The Kier molecular flexibility index (Phi) is 14.8. The number of phenolic OH excluding ortho intramolecular Hbond substituents is 1. The van der Waals surface area contributed by atoms with Crippen LogP contribution in [0.3, 0.4) is 0 Å². The zero-order valence-electron chi connectivity index (χ0n) is 46.6. The third-order valence-electron chi connectivity index (χ3n) is 17.5. The van der Waals surface area contributed by atoms with Crippen molar-refractivity contribution in [3.05, 3.63) is 88.7 Å². The number of β-amino-alcohol motifs (C(OH)–C–C–N with tert-alkyl or cyclic N) is 1. The van der Waals surface area contributed by atoms with Gasteiger partial charge in [-0.25, -0.2) is 18.2 Å². The molecule has 5 N–H and O–H groups in total. The molecule has 3 aromatic heterocycles. The fraction of sp³-hybridized carbons (Fsp3) is 0.475. The number of aliphatic hydroxyl groups is 1. The number of piperazine rings is 1. The number of hydrogen-bond donors (Lipinski definition) is 5. The SMILES string of the molecule is C#Cc1c(F)ccc2cc(O)cc(-c3ncc4c(N5CC6CCC(C5)N6)nc(OC5CCN(C6CN(C(=O)C[C@H](NC(=O)C7CC(O)CN7C(=O)C(NC(=O)C7(F)CC7)C(C)(C)C)c7ccc(-c8scnc8C)cc7)C6)CC5)nc4c3F)c12. The molecular weight excluding hydrogens is 1090 g/mol. The van der Waals surface area contributed by atoms with E-state index in [1.54, 1.807) is 31.2 Å². The van der Waals surface area contributed by atoms with Gasteiger partial charge in [0.05, 0.1) is 45.6 Å². The van der Waals surface area contributed by atoms with Crippen molar-refractivity contribution in [3.63, 3.8) is 0 Å². The number of aromatic hydroxyl groups is 1. The number of hydrogen-bond acceptors (Lipinski definition) is 15. The van der Waals surface area contributed by atoms with Crippen molar-refractivity contribution in [1.29, 1.82) is 0 Å². The number of alkyl halides is 1. The second kappa shape index (κ2) is 21.9. The van der Waals surface area contributed by atoms with Gasteiger partial charge in [0.25, 0.3) is 5.91 Å². The summed E-state index contributed by atoms with van der Waals surface area (Å²) in [6.45, 7) is 10.4. The molecule has 1 aliphatic carbocycles. The third kappa shape index (κ3) is 11.0. The smallest absolute Gasteiger partial charge is 0.319 e. The number of piperidine rings is 1. The molecule has 5 unspecified atom stereocenters. The van der Waals surface area contributed by atoms with E-state index in [2.05, 4.69) is 46.6 Å². The third-order valence-corrected chi connectivity index (χ3v) is 18.4. The summed E-state index contributed by atoms with van der Waals surface area (Å²) in [4.78, 5) is 82.9. The van der Waals surface area contributed by atoms with Crippen LogP contribution in [0.25, 0.3) is 43.4 Å². The van der Waals surface area contributed by atoms with E-state index in [1.165, 1.54) is 46.7 Å². The van der Waals surface area contributed by atoms with Crippen molar-refractivity contribution in [2.24, 2.45) is 5.41 Å². The number of carbonyl (C=O) groups is 4. The first-order chi connectivity index (χ1) is 39.7. The maximum atomic E-state index is 17.3. The summed E-state index contributed by atoms with van der Waals surface area (Å²) in [7, 11) is 0.